The average molecular weight is 356 g/mol. The Morgan fingerprint density at radius 1 is 1.15 bits per heavy atom. The van der Waals surface area contributed by atoms with Crippen molar-refractivity contribution in [1.29, 1.82) is 0 Å². The molecule has 5 nitrogen and oxygen atoms in total. The van der Waals surface area contributed by atoms with Crippen molar-refractivity contribution in [2.24, 2.45) is 11.7 Å². The van der Waals surface area contributed by atoms with E-state index in [0.29, 0.717) is 17.7 Å². The Labute approximate surface area is 151 Å². The summed E-state index contributed by atoms with van der Waals surface area (Å²) in [5.41, 5.74) is 7.07. The average Bonchev–Trinajstić information content (AvgIpc) is 2.67. The molecule has 1 heterocycles. The second kappa shape index (κ2) is 7.99. The Balaban J connectivity index is 1.61. The van der Waals surface area contributed by atoms with Crippen LogP contribution >= 0.6 is 0 Å². The van der Waals surface area contributed by atoms with Gasteiger partial charge in [-0.15, -0.1) is 0 Å². The van der Waals surface area contributed by atoms with E-state index in [1.54, 1.807) is 30.3 Å². The van der Waals surface area contributed by atoms with Crippen LogP contribution < -0.4 is 10.6 Å². The molecule has 3 rings (SSSR count). The number of amides is 1. The van der Waals surface area contributed by atoms with Gasteiger partial charge in [-0.05, 0) is 43.2 Å². The standard InChI is InChI=1S/C20H21FN2O3/c21-18-6-2-1-4-16(18)13-26-20(25)14-7-9-17(10-8-14)23-11-3-5-15(12-23)19(22)24/h1-2,4,6-10,15H,3,5,11-13H2,(H2,22,24)/t15-/m0/s1. The van der Waals surface area contributed by atoms with Crippen molar-refractivity contribution in [3.8, 4) is 0 Å². The molecule has 6 heteroatoms. The van der Waals surface area contributed by atoms with E-state index in [1.165, 1.54) is 6.07 Å². The quantitative estimate of drug-likeness (QED) is 0.836. The zero-order valence-corrected chi connectivity index (χ0v) is 14.4. The second-order valence-corrected chi connectivity index (χ2v) is 6.40. The van der Waals surface area contributed by atoms with E-state index >= 15 is 0 Å². The first kappa shape index (κ1) is 17.9. The van der Waals surface area contributed by atoms with E-state index in [0.717, 1.165) is 25.1 Å². The summed E-state index contributed by atoms with van der Waals surface area (Å²) in [5.74, 6) is -1.32. The molecule has 0 unspecified atom stereocenters. The predicted molar refractivity (Wildman–Crippen MR) is 96.1 cm³/mol. The lowest BCUT2D eigenvalue weighted by Crippen LogP contribution is -2.41. The van der Waals surface area contributed by atoms with Gasteiger partial charge in [0.2, 0.25) is 5.91 Å². The number of primary amides is 1. The third-order valence-corrected chi connectivity index (χ3v) is 4.61. The number of ether oxygens (including phenoxy) is 1. The molecule has 0 radical (unpaired) electrons. The van der Waals surface area contributed by atoms with Gasteiger partial charge in [-0.2, -0.15) is 0 Å². The van der Waals surface area contributed by atoms with Crippen LogP contribution in [0.2, 0.25) is 0 Å². The fraction of sp³-hybridized carbons (Fsp3) is 0.300. The molecule has 0 aromatic heterocycles. The van der Waals surface area contributed by atoms with E-state index in [4.69, 9.17) is 10.5 Å². The molecule has 1 atom stereocenters. The molecule has 0 saturated carbocycles. The minimum Gasteiger partial charge on any atom is -0.457 e. The fourth-order valence-electron chi connectivity index (χ4n) is 3.09. The zero-order valence-electron chi connectivity index (χ0n) is 14.4. The monoisotopic (exact) mass is 356 g/mol. The maximum absolute atomic E-state index is 13.6. The minimum atomic E-state index is -0.506. The highest BCUT2D eigenvalue weighted by Crippen LogP contribution is 2.23. The molecule has 1 aliphatic rings. The largest absolute Gasteiger partial charge is 0.457 e. The minimum absolute atomic E-state index is 0.111. The summed E-state index contributed by atoms with van der Waals surface area (Å²) in [6.07, 6.45) is 1.71. The number of rotatable bonds is 5. The second-order valence-electron chi connectivity index (χ2n) is 6.40. The number of nitrogens with zero attached hydrogens (tertiary/aromatic N) is 1. The zero-order chi connectivity index (χ0) is 18.5. The molecular formula is C20H21FN2O3. The summed E-state index contributed by atoms with van der Waals surface area (Å²) in [6.45, 7) is 1.33. The molecule has 0 aliphatic carbocycles. The van der Waals surface area contributed by atoms with Gasteiger partial charge in [0, 0.05) is 24.3 Å². The van der Waals surface area contributed by atoms with E-state index in [-0.39, 0.29) is 18.4 Å². The molecular weight excluding hydrogens is 335 g/mol. The SMILES string of the molecule is NC(=O)[C@H]1CCCN(c2ccc(C(=O)OCc3ccccc3F)cc2)C1. The molecule has 1 amide bonds. The van der Waals surface area contributed by atoms with Gasteiger partial charge in [0.05, 0.1) is 11.5 Å². The van der Waals surface area contributed by atoms with Gasteiger partial charge < -0.3 is 15.4 Å². The van der Waals surface area contributed by atoms with Crippen LogP contribution in [0.5, 0.6) is 0 Å². The lowest BCUT2D eigenvalue weighted by atomic mass is 9.97. The van der Waals surface area contributed by atoms with Crippen LogP contribution in [0.25, 0.3) is 0 Å². The maximum atomic E-state index is 13.6. The fourth-order valence-corrected chi connectivity index (χ4v) is 3.09. The van der Waals surface area contributed by atoms with Gasteiger partial charge in [-0.25, -0.2) is 9.18 Å². The lowest BCUT2D eigenvalue weighted by molar-refractivity contribution is -0.122. The van der Waals surface area contributed by atoms with Crippen LogP contribution in [0.1, 0.15) is 28.8 Å². The Kier molecular flexibility index (Phi) is 5.51. The number of anilines is 1. The van der Waals surface area contributed by atoms with Crippen LogP contribution in [0.4, 0.5) is 10.1 Å². The van der Waals surface area contributed by atoms with Crippen molar-refractivity contribution in [2.75, 3.05) is 18.0 Å². The van der Waals surface area contributed by atoms with Crippen LogP contribution in [-0.2, 0) is 16.1 Å². The van der Waals surface area contributed by atoms with Crippen molar-refractivity contribution >= 4 is 17.6 Å². The first-order valence-corrected chi connectivity index (χ1v) is 8.59. The Bertz CT molecular complexity index is 792. The molecule has 2 aromatic rings. The third kappa shape index (κ3) is 4.20. The van der Waals surface area contributed by atoms with Crippen LogP contribution in [0.15, 0.2) is 48.5 Å². The van der Waals surface area contributed by atoms with Crippen molar-refractivity contribution in [3.63, 3.8) is 0 Å². The smallest absolute Gasteiger partial charge is 0.338 e. The Hall–Kier alpha value is -2.89. The first-order valence-electron chi connectivity index (χ1n) is 8.59. The number of hydrogen-bond donors (Lipinski definition) is 1. The molecule has 1 fully saturated rings. The van der Waals surface area contributed by atoms with Crippen LogP contribution in [0.3, 0.4) is 0 Å². The van der Waals surface area contributed by atoms with Crippen LogP contribution in [0, 0.1) is 11.7 Å². The van der Waals surface area contributed by atoms with Gasteiger partial charge in [-0.3, -0.25) is 4.79 Å². The molecule has 0 spiro atoms. The molecule has 2 N–H and O–H groups in total. The van der Waals surface area contributed by atoms with Crippen LogP contribution in [-0.4, -0.2) is 25.0 Å². The number of nitrogens with two attached hydrogens (primary N) is 1. The van der Waals surface area contributed by atoms with Gasteiger partial charge >= 0.3 is 5.97 Å². The van der Waals surface area contributed by atoms with Crippen molar-refractivity contribution in [2.45, 2.75) is 19.4 Å². The molecule has 1 aliphatic heterocycles. The summed E-state index contributed by atoms with van der Waals surface area (Å²) in [6, 6.07) is 13.2. The number of piperidine rings is 1. The highest BCUT2D eigenvalue weighted by molar-refractivity contribution is 5.89. The molecule has 1 saturated heterocycles. The molecule has 136 valence electrons. The van der Waals surface area contributed by atoms with Crippen molar-refractivity contribution in [1.82, 2.24) is 0 Å². The van der Waals surface area contributed by atoms with Crippen molar-refractivity contribution < 1.29 is 18.7 Å². The van der Waals surface area contributed by atoms with E-state index in [2.05, 4.69) is 4.90 Å². The third-order valence-electron chi connectivity index (χ3n) is 4.61. The summed E-state index contributed by atoms with van der Waals surface area (Å²) < 4.78 is 18.7. The van der Waals surface area contributed by atoms with Gasteiger partial charge in [-0.1, -0.05) is 18.2 Å². The maximum Gasteiger partial charge on any atom is 0.338 e. The van der Waals surface area contributed by atoms with E-state index < -0.39 is 11.8 Å². The molecule has 2 aromatic carbocycles. The van der Waals surface area contributed by atoms with Gasteiger partial charge in [0.15, 0.2) is 0 Å². The normalized spacial score (nSPS) is 17.0. The topological polar surface area (TPSA) is 72.6 Å². The highest BCUT2D eigenvalue weighted by atomic mass is 19.1. The van der Waals surface area contributed by atoms with E-state index in [9.17, 15) is 14.0 Å². The Morgan fingerprint density at radius 2 is 1.88 bits per heavy atom. The highest BCUT2D eigenvalue weighted by Gasteiger charge is 2.24. The van der Waals surface area contributed by atoms with E-state index in [1.807, 2.05) is 12.1 Å². The number of halogens is 1. The summed E-state index contributed by atoms with van der Waals surface area (Å²) >= 11 is 0. The number of carbonyl (C=O) groups is 2. The number of benzene rings is 2. The lowest BCUT2D eigenvalue weighted by Gasteiger charge is -2.33. The van der Waals surface area contributed by atoms with Gasteiger partial charge in [0.1, 0.15) is 12.4 Å². The number of esters is 1. The summed E-state index contributed by atoms with van der Waals surface area (Å²) in [4.78, 5) is 25.6. The Morgan fingerprint density at radius 3 is 2.58 bits per heavy atom. The number of hydrogen-bond acceptors (Lipinski definition) is 4. The summed E-state index contributed by atoms with van der Waals surface area (Å²) in [5, 5.41) is 0. The summed E-state index contributed by atoms with van der Waals surface area (Å²) in [7, 11) is 0. The predicted octanol–water partition coefficient (Wildman–Crippen LogP) is 2.88. The molecule has 0 bridgehead atoms. The number of carbonyl (C=O) groups excluding carboxylic acids is 2. The first-order chi connectivity index (χ1) is 12.5. The van der Waals surface area contributed by atoms with Crippen molar-refractivity contribution in [3.05, 3.63) is 65.5 Å². The molecule has 26 heavy (non-hydrogen) atoms. The van der Waals surface area contributed by atoms with Gasteiger partial charge in [0.25, 0.3) is 0 Å².